The molecule has 0 saturated carbocycles. The number of ether oxygens (including phenoxy) is 3. The molecule has 34 heavy (non-hydrogen) atoms. The molecule has 164 valence electrons. The van der Waals surface area contributed by atoms with Crippen LogP contribution < -0.4 is 15.2 Å². The average Bonchev–Trinajstić information content (AvgIpc) is 3.27. The molecule has 0 fully saturated rings. The van der Waals surface area contributed by atoms with Crippen molar-refractivity contribution in [3.8, 4) is 40.2 Å². The van der Waals surface area contributed by atoms with Gasteiger partial charge >= 0.3 is 0 Å². The molecule has 7 nitrogen and oxygen atoms in total. The van der Waals surface area contributed by atoms with E-state index < -0.39 is 5.54 Å². The first-order valence-electron chi connectivity index (χ1n) is 10.7. The molecule has 1 atom stereocenters. The first-order chi connectivity index (χ1) is 16.7. The second-order valence-electron chi connectivity index (χ2n) is 8.02. The predicted octanol–water partition coefficient (Wildman–Crippen LogP) is 5.11. The summed E-state index contributed by atoms with van der Waals surface area (Å²) < 4.78 is 18.0. The quantitative estimate of drug-likeness (QED) is 0.469. The monoisotopic (exact) mass is 446 g/mol. The van der Waals surface area contributed by atoms with Crippen molar-refractivity contribution in [2.75, 3.05) is 6.61 Å². The molecular weight excluding hydrogens is 428 g/mol. The van der Waals surface area contributed by atoms with E-state index in [1.807, 2.05) is 54.7 Å². The van der Waals surface area contributed by atoms with Gasteiger partial charge in [-0.15, -0.1) is 0 Å². The van der Waals surface area contributed by atoms with Gasteiger partial charge in [0.2, 0.25) is 0 Å². The smallest absolute Gasteiger partial charge is 0.283 e. The third-order valence-corrected chi connectivity index (χ3v) is 6.00. The molecule has 4 aromatic rings. The number of aromatic nitrogens is 1. The van der Waals surface area contributed by atoms with E-state index in [-0.39, 0.29) is 12.6 Å². The van der Waals surface area contributed by atoms with Crippen LogP contribution in [0.4, 0.5) is 0 Å². The number of pyridine rings is 1. The second kappa shape index (κ2) is 7.64. The highest BCUT2D eigenvalue weighted by atomic mass is 16.5. The highest BCUT2D eigenvalue weighted by Crippen LogP contribution is 2.52. The maximum absolute atomic E-state index is 9.41. The van der Waals surface area contributed by atoms with Crippen LogP contribution in [0.15, 0.2) is 90.2 Å². The Hall–Kier alpha value is -4.83. The summed E-state index contributed by atoms with van der Waals surface area (Å²) in [7, 11) is 0. The normalized spacial score (nSPS) is 17.6. The topological polar surface area (TPSA) is 103 Å². The number of fused-ring (bicyclic) bond motifs is 4. The standard InChI is InChI=1S/C27H18N4O3/c28-14-18-4-1-2-6-23(18)33-20-8-10-25-22(13-20)27(16-32-26(29)31-27)21-12-17(7-9-24(21)34-25)19-5-3-11-30-15-19/h1-13,15H,16H2,(H2,29,31). The molecule has 1 unspecified atom stereocenters. The minimum Gasteiger partial charge on any atom is -0.462 e. The van der Waals surface area contributed by atoms with Gasteiger partial charge in [-0.2, -0.15) is 5.26 Å². The number of rotatable bonds is 3. The fourth-order valence-corrected chi connectivity index (χ4v) is 4.39. The Morgan fingerprint density at radius 2 is 1.76 bits per heavy atom. The zero-order valence-corrected chi connectivity index (χ0v) is 17.9. The summed E-state index contributed by atoms with van der Waals surface area (Å²) in [6, 6.07) is 24.7. The number of aliphatic imine (C=N–C) groups is 1. The van der Waals surface area contributed by atoms with Gasteiger partial charge in [-0.1, -0.05) is 24.3 Å². The molecule has 1 aromatic heterocycles. The van der Waals surface area contributed by atoms with Gasteiger partial charge in [-0.25, -0.2) is 4.99 Å². The molecule has 0 bridgehead atoms. The number of hydrogen-bond donors (Lipinski definition) is 1. The Morgan fingerprint density at radius 1 is 0.941 bits per heavy atom. The maximum Gasteiger partial charge on any atom is 0.283 e. The molecule has 2 N–H and O–H groups in total. The number of benzene rings is 3. The summed E-state index contributed by atoms with van der Waals surface area (Å²) in [5.74, 6) is 2.35. The van der Waals surface area contributed by atoms with Crippen molar-refractivity contribution in [2.24, 2.45) is 10.7 Å². The summed E-state index contributed by atoms with van der Waals surface area (Å²) >= 11 is 0. The molecule has 0 aliphatic carbocycles. The van der Waals surface area contributed by atoms with Crippen molar-refractivity contribution in [2.45, 2.75) is 5.54 Å². The van der Waals surface area contributed by atoms with E-state index in [1.165, 1.54) is 0 Å². The first-order valence-corrected chi connectivity index (χ1v) is 10.7. The molecule has 0 radical (unpaired) electrons. The number of nitrogens with two attached hydrogens (primary N) is 1. The van der Waals surface area contributed by atoms with Crippen LogP contribution in [-0.2, 0) is 10.3 Å². The van der Waals surface area contributed by atoms with E-state index in [0.29, 0.717) is 28.6 Å². The molecule has 2 aliphatic heterocycles. The van der Waals surface area contributed by atoms with Crippen LogP contribution in [0.3, 0.4) is 0 Å². The van der Waals surface area contributed by atoms with E-state index in [1.54, 1.807) is 30.5 Å². The first kappa shape index (κ1) is 19.8. The molecule has 3 aromatic carbocycles. The molecule has 0 amide bonds. The SMILES string of the molecule is N#Cc1ccccc1Oc1ccc2c(c1)C1(COC(N)=N1)c1cc(-c3cccnc3)ccc1O2. The number of nitrogens with zero attached hydrogens (tertiary/aromatic N) is 3. The fourth-order valence-electron chi connectivity index (χ4n) is 4.39. The van der Waals surface area contributed by atoms with Crippen LogP contribution in [0.1, 0.15) is 16.7 Å². The van der Waals surface area contributed by atoms with Crippen molar-refractivity contribution in [1.29, 1.82) is 5.26 Å². The molecule has 2 aliphatic rings. The van der Waals surface area contributed by atoms with Crippen molar-refractivity contribution in [1.82, 2.24) is 4.98 Å². The molecular formula is C27H18N4O3. The lowest BCUT2D eigenvalue weighted by Gasteiger charge is -2.34. The number of para-hydroxylation sites is 1. The lowest BCUT2D eigenvalue weighted by atomic mass is 9.80. The van der Waals surface area contributed by atoms with Gasteiger partial charge in [-0.3, -0.25) is 4.98 Å². The second-order valence-corrected chi connectivity index (χ2v) is 8.02. The summed E-state index contributed by atoms with van der Waals surface area (Å²) in [5, 5.41) is 9.41. The summed E-state index contributed by atoms with van der Waals surface area (Å²) in [6.45, 7) is 0.233. The van der Waals surface area contributed by atoms with Crippen LogP contribution in [0.2, 0.25) is 0 Å². The predicted molar refractivity (Wildman–Crippen MR) is 126 cm³/mol. The third kappa shape index (κ3) is 3.12. The van der Waals surface area contributed by atoms with Gasteiger partial charge in [-0.05, 0) is 54.1 Å². The summed E-state index contributed by atoms with van der Waals surface area (Å²) in [5.41, 5.74) is 9.15. The van der Waals surface area contributed by atoms with Crippen LogP contribution in [-0.4, -0.2) is 17.6 Å². The van der Waals surface area contributed by atoms with E-state index >= 15 is 0 Å². The Morgan fingerprint density at radius 3 is 2.53 bits per heavy atom. The van der Waals surface area contributed by atoms with Crippen molar-refractivity contribution >= 4 is 6.02 Å². The van der Waals surface area contributed by atoms with Crippen LogP contribution >= 0.6 is 0 Å². The molecule has 3 heterocycles. The number of amidine groups is 1. The average molecular weight is 446 g/mol. The maximum atomic E-state index is 9.41. The minimum absolute atomic E-state index is 0.117. The van der Waals surface area contributed by atoms with E-state index in [2.05, 4.69) is 11.1 Å². The Labute approximate surface area is 195 Å². The highest BCUT2D eigenvalue weighted by Gasteiger charge is 2.47. The van der Waals surface area contributed by atoms with Gasteiger partial charge in [0.05, 0.1) is 5.56 Å². The molecule has 0 saturated heterocycles. The van der Waals surface area contributed by atoms with E-state index in [0.717, 1.165) is 22.3 Å². The highest BCUT2D eigenvalue weighted by molar-refractivity contribution is 5.78. The minimum atomic E-state index is -0.890. The summed E-state index contributed by atoms with van der Waals surface area (Å²) in [4.78, 5) is 8.98. The van der Waals surface area contributed by atoms with Gasteiger partial charge in [0.15, 0.2) is 5.54 Å². The van der Waals surface area contributed by atoms with E-state index in [9.17, 15) is 5.26 Å². The van der Waals surface area contributed by atoms with Gasteiger partial charge in [0, 0.05) is 29.1 Å². The van der Waals surface area contributed by atoms with Crippen LogP contribution in [0.5, 0.6) is 23.0 Å². The molecule has 7 heteroatoms. The summed E-state index contributed by atoms with van der Waals surface area (Å²) in [6.07, 6.45) is 3.55. The fraction of sp³-hybridized carbons (Fsp3) is 0.0741. The van der Waals surface area contributed by atoms with E-state index in [4.69, 9.17) is 24.9 Å². The van der Waals surface area contributed by atoms with Gasteiger partial charge in [0.25, 0.3) is 6.02 Å². The Balaban J connectivity index is 1.48. The Bertz CT molecular complexity index is 1490. The van der Waals surface area contributed by atoms with Crippen molar-refractivity contribution in [3.05, 3.63) is 102 Å². The largest absolute Gasteiger partial charge is 0.462 e. The van der Waals surface area contributed by atoms with Gasteiger partial charge < -0.3 is 19.9 Å². The number of hydrogen-bond acceptors (Lipinski definition) is 7. The lowest BCUT2D eigenvalue weighted by molar-refractivity contribution is 0.264. The Kier molecular flexibility index (Phi) is 4.46. The lowest BCUT2D eigenvalue weighted by Crippen LogP contribution is -2.31. The third-order valence-electron chi connectivity index (χ3n) is 6.00. The zero-order valence-electron chi connectivity index (χ0n) is 17.9. The van der Waals surface area contributed by atoms with Crippen molar-refractivity contribution < 1.29 is 14.2 Å². The number of nitriles is 1. The van der Waals surface area contributed by atoms with Crippen LogP contribution in [0, 0.1) is 11.3 Å². The van der Waals surface area contributed by atoms with Crippen LogP contribution in [0.25, 0.3) is 11.1 Å². The van der Waals surface area contributed by atoms with Gasteiger partial charge in [0.1, 0.15) is 35.7 Å². The van der Waals surface area contributed by atoms with Crippen molar-refractivity contribution in [3.63, 3.8) is 0 Å². The molecule has 1 spiro atoms. The molecule has 6 rings (SSSR count). The zero-order chi connectivity index (χ0) is 23.1.